The molecule has 1 aliphatic rings. The number of methoxy groups -OCH3 is 1. The van der Waals surface area contributed by atoms with Crippen molar-refractivity contribution in [1.82, 2.24) is 4.90 Å². The lowest BCUT2D eigenvalue weighted by Gasteiger charge is -2.41. The Balaban J connectivity index is 2.11. The van der Waals surface area contributed by atoms with Gasteiger partial charge in [-0.1, -0.05) is 12.1 Å². The van der Waals surface area contributed by atoms with Gasteiger partial charge in [-0.25, -0.2) is 0 Å². The summed E-state index contributed by atoms with van der Waals surface area (Å²) < 4.78 is 5.38. The number of anilines is 1. The molecule has 0 bridgehead atoms. The third-order valence-corrected chi connectivity index (χ3v) is 3.69. The molecule has 0 saturated carbocycles. The first-order chi connectivity index (χ1) is 9.54. The largest absolute Gasteiger partial charge is 0.495 e. The van der Waals surface area contributed by atoms with Gasteiger partial charge in [0, 0.05) is 25.7 Å². The van der Waals surface area contributed by atoms with Crippen molar-refractivity contribution in [2.24, 2.45) is 0 Å². The number of rotatable bonds is 3. The topological polar surface area (TPSA) is 53.0 Å². The second-order valence-electron chi connectivity index (χ2n) is 5.17. The van der Waals surface area contributed by atoms with Gasteiger partial charge in [0.25, 0.3) is 5.91 Å². The summed E-state index contributed by atoms with van der Waals surface area (Å²) in [5.74, 6) is 0.646. The van der Waals surface area contributed by atoms with E-state index in [1.807, 2.05) is 31.2 Å². The molecule has 1 aliphatic heterocycles. The summed E-state index contributed by atoms with van der Waals surface area (Å²) in [4.78, 5) is 15.9. The summed E-state index contributed by atoms with van der Waals surface area (Å²) in [6.07, 6.45) is -0.935. The molecule has 1 aromatic rings. The molecule has 0 spiro atoms. The van der Waals surface area contributed by atoms with Gasteiger partial charge in [-0.15, -0.1) is 0 Å². The predicted molar refractivity (Wildman–Crippen MR) is 78.1 cm³/mol. The number of nitrogens with zero attached hydrogens (tertiary/aromatic N) is 2. The molecule has 110 valence electrons. The van der Waals surface area contributed by atoms with Crippen LogP contribution in [0.3, 0.4) is 0 Å². The first-order valence-corrected chi connectivity index (χ1v) is 6.91. The van der Waals surface area contributed by atoms with E-state index in [0.29, 0.717) is 6.54 Å². The van der Waals surface area contributed by atoms with Crippen molar-refractivity contribution in [2.75, 3.05) is 31.6 Å². The number of hydrogen-bond acceptors (Lipinski definition) is 4. The fourth-order valence-corrected chi connectivity index (χ4v) is 2.63. The van der Waals surface area contributed by atoms with Crippen molar-refractivity contribution < 1.29 is 14.6 Å². The van der Waals surface area contributed by atoms with Crippen LogP contribution in [0.5, 0.6) is 5.75 Å². The summed E-state index contributed by atoms with van der Waals surface area (Å²) in [6.45, 7) is 5.61. The van der Waals surface area contributed by atoms with E-state index in [9.17, 15) is 9.90 Å². The second-order valence-corrected chi connectivity index (χ2v) is 5.17. The van der Waals surface area contributed by atoms with Crippen molar-refractivity contribution in [3.05, 3.63) is 24.3 Å². The Morgan fingerprint density at radius 2 is 2.10 bits per heavy atom. The van der Waals surface area contributed by atoms with Crippen molar-refractivity contribution in [2.45, 2.75) is 26.0 Å². The highest BCUT2D eigenvalue weighted by Crippen LogP contribution is 2.29. The van der Waals surface area contributed by atoms with E-state index in [2.05, 4.69) is 4.90 Å². The van der Waals surface area contributed by atoms with E-state index < -0.39 is 6.10 Å². The molecule has 1 aromatic carbocycles. The normalized spacial score (nSPS) is 20.7. The minimum Gasteiger partial charge on any atom is -0.495 e. The van der Waals surface area contributed by atoms with Crippen LogP contribution in [-0.4, -0.2) is 54.8 Å². The maximum Gasteiger partial charge on any atom is 0.251 e. The molecule has 5 heteroatoms. The number of aliphatic hydroxyl groups excluding tert-OH is 1. The van der Waals surface area contributed by atoms with Crippen molar-refractivity contribution in [1.29, 1.82) is 0 Å². The quantitative estimate of drug-likeness (QED) is 0.900. The smallest absolute Gasteiger partial charge is 0.251 e. The third kappa shape index (κ3) is 2.88. The maximum absolute atomic E-state index is 11.9. The molecule has 0 aromatic heterocycles. The average molecular weight is 278 g/mol. The van der Waals surface area contributed by atoms with E-state index in [1.54, 1.807) is 12.0 Å². The van der Waals surface area contributed by atoms with Crippen LogP contribution in [0.1, 0.15) is 13.8 Å². The van der Waals surface area contributed by atoms with Crippen LogP contribution in [0.2, 0.25) is 0 Å². The monoisotopic (exact) mass is 278 g/mol. The van der Waals surface area contributed by atoms with Crippen molar-refractivity contribution >= 4 is 11.6 Å². The molecule has 0 aliphatic carbocycles. The van der Waals surface area contributed by atoms with Crippen LogP contribution in [0, 0.1) is 0 Å². The number of amides is 1. The first-order valence-electron chi connectivity index (χ1n) is 6.91. The lowest BCUT2D eigenvalue weighted by atomic mass is 10.1. The maximum atomic E-state index is 11.9. The molecule has 1 heterocycles. The van der Waals surface area contributed by atoms with E-state index in [0.717, 1.165) is 24.5 Å². The van der Waals surface area contributed by atoms with Gasteiger partial charge >= 0.3 is 0 Å². The highest BCUT2D eigenvalue weighted by Gasteiger charge is 2.30. The van der Waals surface area contributed by atoms with Crippen LogP contribution in [0.25, 0.3) is 0 Å². The standard InChI is InChI=1S/C15H22N2O3/c1-11-10-16(8-9-17(11)15(19)12(2)18)13-6-4-5-7-14(13)20-3/h4-7,11-12,18H,8-10H2,1-3H3/t11?,12-/m1/s1. The molecule has 20 heavy (non-hydrogen) atoms. The number of aliphatic hydroxyl groups is 1. The van der Waals surface area contributed by atoms with E-state index >= 15 is 0 Å². The molecule has 1 saturated heterocycles. The summed E-state index contributed by atoms with van der Waals surface area (Å²) in [5.41, 5.74) is 1.05. The van der Waals surface area contributed by atoms with Crippen LogP contribution in [-0.2, 0) is 4.79 Å². The second kappa shape index (κ2) is 6.13. The number of carbonyl (C=O) groups excluding carboxylic acids is 1. The Kier molecular flexibility index (Phi) is 4.49. The van der Waals surface area contributed by atoms with Crippen LogP contribution >= 0.6 is 0 Å². The zero-order chi connectivity index (χ0) is 14.7. The van der Waals surface area contributed by atoms with Gasteiger partial charge in [-0.05, 0) is 26.0 Å². The van der Waals surface area contributed by atoms with Gasteiger partial charge in [-0.3, -0.25) is 4.79 Å². The molecule has 1 amide bonds. The molecule has 2 atom stereocenters. The highest BCUT2D eigenvalue weighted by atomic mass is 16.5. The Morgan fingerprint density at radius 1 is 1.40 bits per heavy atom. The SMILES string of the molecule is COc1ccccc1N1CCN(C(=O)[C@@H](C)O)C(C)C1. The Hall–Kier alpha value is -1.75. The minimum absolute atomic E-state index is 0.0655. The number of para-hydroxylation sites is 2. The van der Waals surface area contributed by atoms with E-state index in [-0.39, 0.29) is 11.9 Å². The van der Waals surface area contributed by atoms with E-state index in [1.165, 1.54) is 6.92 Å². The van der Waals surface area contributed by atoms with Crippen LogP contribution in [0.15, 0.2) is 24.3 Å². The minimum atomic E-state index is -0.935. The molecular formula is C15H22N2O3. The number of benzene rings is 1. The fraction of sp³-hybridized carbons (Fsp3) is 0.533. The Labute approximate surface area is 119 Å². The highest BCUT2D eigenvalue weighted by molar-refractivity contribution is 5.81. The summed E-state index contributed by atoms with van der Waals surface area (Å²) >= 11 is 0. The molecule has 1 N–H and O–H groups in total. The zero-order valence-electron chi connectivity index (χ0n) is 12.2. The van der Waals surface area contributed by atoms with Gasteiger partial charge in [0.15, 0.2) is 0 Å². The molecule has 0 radical (unpaired) electrons. The van der Waals surface area contributed by atoms with Gasteiger partial charge in [0.05, 0.1) is 12.8 Å². The molecule has 2 rings (SSSR count). The average Bonchev–Trinajstić information content (AvgIpc) is 2.46. The third-order valence-electron chi connectivity index (χ3n) is 3.69. The fourth-order valence-electron chi connectivity index (χ4n) is 2.63. The lowest BCUT2D eigenvalue weighted by Crippen LogP contribution is -2.56. The van der Waals surface area contributed by atoms with Gasteiger partial charge in [-0.2, -0.15) is 0 Å². The number of carbonyl (C=O) groups is 1. The Bertz CT molecular complexity index is 476. The molecule has 1 fully saturated rings. The van der Waals surface area contributed by atoms with Crippen LogP contribution in [0.4, 0.5) is 5.69 Å². The van der Waals surface area contributed by atoms with Gasteiger partial charge in [0.1, 0.15) is 11.9 Å². The summed E-state index contributed by atoms with van der Waals surface area (Å²) in [6, 6.07) is 7.95. The van der Waals surface area contributed by atoms with Gasteiger partial charge < -0.3 is 19.6 Å². The predicted octanol–water partition coefficient (Wildman–Crippen LogP) is 1.11. The Morgan fingerprint density at radius 3 is 2.70 bits per heavy atom. The number of hydrogen-bond donors (Lipinski definition) is 1. The summed E-state index contributed by atoms with van der Waals surface area (Å²) in [5, 5.41) is 9.43. The van der Waals surface area contributed by atoms with Crippen LogP contribution < -0.4 is 9.64 Å². The number of piperazine rings is 1. The first kappa shape index (κ1) is 14.7. The molecule has 5 nitrogen and oxygen atoms in total. The van der Waals surface area contributed by atoms with Crippen molar-refractivity contribution in [3.8, 4) is 5.75 Å². The number of ether oxygens (including phenoxy) is 1. The summed E-state index contributed by atoms with van der Waals surface area (Å²) in [7, 11) is 1.66. The van der Waals surface area contributed by atoms with E-state index in [4.69, 9.17) is 4.74 Å². The van der Waals surface area contributed by atoms with Gasteiger partial charge in [0.2, 0.25) is 0 Å². The molecular weight excluding hydrogens is 256 g/mol. The van der Waals surface area contributed by atoms with Crippen molar-refractivity contribution in [3.63, 3.8) is 0 Å². The molecule has 1 unspecified atom stereocenters. The zero-order valence-corrected chi connectivity index (χ0v) is 12.2. The lowest BCUT2D eigenvalue weighted by molar-refractivity contribution is -0.141.